The molecule has 0 saturated carbocycles. The second kappa shape index (κ2) is 5.98. The minimum atomic E-state index is 0.619. The lowest BCUT2D eigenvalue weighted by atomic mass is 9.88. The van der Waals surface area contributed by atoms with Gasteiger partial charge < -0.3 is 10.2 Å². The maximum absolute atomic E-state index is 6.49. The van der Waals surface area contributed by atoms with Crippen LogP contribution in [0.5, 0.6) is 0 Å². The lowest BCUT2D eigenvalue weighted by Gasteiger charge is -2.33. The highest BCUT2D eigenvalue weighted by Crippen LogP contribution is 2.51. The van der Waals surface area contributed by atoms with E-state index < -0.39 is 0 Å². The topological polar surface area (TPSA) is 15.3 Å². The molecule has 0 aliphatic carbocycles. The molecule has 1 saturated heterocycles. The maximum Gasteiger partial charge on any atom is 0.0544 e. The van der Waals surface area contributed by atoms with Gasteiger partial charge in [-0.1, -0.05) is 29.8 Å². The third-order valence-electron chi connectivity index (χ3n) is 5.62. The molecule has 24 heavy (non-hydrogen) atoms. The van der Waals surface area contributed by atoms with E-state index >= 15 is 0 Å². The molecule has 124 valence electrons. The Hall–Kier alpha value is -1.16. The average molecular weight is 357 g/mol. The van der Waals surface area contributed by atoms with Crippen molar-refractivity contribution in [3.63, 3.8) is 0 Å². The van der Waals surface area contributed by atoms with Gasteiger partial charge in [-0.15, -0.1) is 11.8 Å². The number of benzene rings is 2. The van der Waals surface area contributed by atoms with Crippen LogP contribution in [-0.2, 0) is 0 Å². The monoisotopic (exact) mass is 356 g/mol. The molecule has 0 bridgehead atoms. The van der Waals surface area contributed by atoms with Crippen molar-refractivity contribution >= 4 is 29.1 Å². The Morgan fingerprint density at radius 1 is 1.21 bits per heavy atom. The Balaban J connectivity index is 1.70. The Morgan fingerprint density at radius 3 is 3.04 bits per heavy atom. The van der Waals surface area contributed by atoms with Gasteiger partial charge in [-0.25, -0.2) is 0 Å². The SMILES string of the molecule is Clc1ccccc1-c1cc2c3c(c1)[C@H]1CNCC[C@H]1N3CCCS2. The summed E-state index contributed by atoms with van der Waals surface area (Å²) in [5, 5.41) is 4.45. The summed E-state index contributed by atoms with van der Waals surface area (Å²) >= 11 is 8.51. The predicted octanol–water partition coefficient (Wildman–Crippen LogP) is 4.77. The van der Waals surface area contributed by atoms with E-state index in [9.17, 15) is 0 Å². The maximum atomic E-state index is 6.49. The number of thioether (sulfide) groups is 1. The first-order valence-corrected chi connectivity index (χ1v) is 10.2. The van der Waals surface area contributed by atoms with Crippen LogP contribution in [0.2, 0.25) is 5.02 Å². The first kappa shape index (κ1) is 15.1. The summed E-state index contributed by atoms with van der Waals surface area (Å²) in [6, 6.07) is 13.7. The number of hydrogen-bond donors (Lipinski definition) is 1. The number of rotatable bonds is 1. The largest absolute Gasteiger partial charge is 0.367 e. The van der Waals surface area contributed by atoms with Gasteiger partial charge in [0.1, 0.15) is 0 Å². The van der Waals surface area contributed by atoms with Crippen LogP contribution in [0.4, 0.5) is 5.69 Å². The first-order chi connectivity index (χ1) is 11.8. The molecule has 0 spiro atoms. The van der Waals surface area contributed by atoms with Crippen molar-refractivity contribution in [1.82, 2.24) is 5.32 Å². The van der Waals surface area contributed by atoms with Gasteiger partial charge in [-0.3, -0.25) is 0 Å². The van der Waals surface area contributed by atoms with E-state index in [1.807, 2.05) is 23.9 Å². The van der Waals surface area contributed by atoms with E-state index in [1.54, 1.807) is 0 Å². The molecule has 2 aromatic rings. The van der Waals surface area contributed by atoms with Crippen LogP contribution in [0.1, 0.15) is 24.3 Å². The minimum absolute atomic E-state index is 0.619. The molecular weight excluding hydrogens is 336 g/mol. The van der Waals surface area contributed by atoms with Crippen molar-refractivity contribution in [2.24, 2.45) is 0 Å². The van der Waals surface area contributed by atoms with E-state index in [-0.39, 0.29) is 0 Å². The van der Waals surface area contributed by atoms with Gasteiger partial charge in [0.05, 0.1) is 5.69 Å². The molecule has 0 radical (unpaired) electrons. The lowest BCUT2D eigenvalue weighted by molar-refractivity contribution is 0.403. The van der Waals surface area contributed by atoms with Crippen molar-refractivity contribution in [3.8, 4) is 11.1 Å². The number of nitrogens with one attached hydrogen (secondary N) is 1. The van der Waals surface area contributed by atoms with Crippen LogP contribution in [0.3, 0.4) is 0 Å². The Bertz CT molecular complexity index is 791. The third-order valence-corrected chi connectivity index (χ3v) is 7.07. The average Bonchev–Trinajstić information content (AvgIpc) is 2.77. The van der Waals surface area contributed by atoms with E-state index in [4.69, 9.17) is 11.6 Å². The number of hydrogen-bond acceptors (Lipinski definition) is 3. The molecule has 2 nitrogen and oxygen atoms in total. The summed E-state index contributed by atoms with van der Waals surface area (Å²) in [6.07, 6.45) is 2.53. The van der Waals surface area contributed by atoms with Crippen molar-refractivity contribution in [3.05, 3.63) is 47.0 Å². The van der Waals surface area contributed by atoms with Crippen LogP contribution in [-0.4, -0.2) is 31.4 Å². The zero-order chi connectivity index (χ0) is 16.1. The van der Waals surface area contributed by atoms with Gasteiger partial charge in [-0.05, 0) is 54.5 Å². The predicted molar refractivity (Wildman–Crippen MR) is 104 cm³/mol. The summed E-state index contributed by atoms with van der Waals surface area (Å²) in [7, 11) is 0. The number of nitrogens with zero attached hydrogens (tertiary/aromatic N) is 1. The highest BCUT2D eigenvalue weighted by Gasteiger charge is 2.41. The molecule has 3 aliphatic rings. The van der Waals surface area contributed by atoms with Crippen molar-refractivity contribution < 1.29 is 0 Å². The highest BCUT2D eigenvalue weighted by molar-refractivity contribution is 7.99. The summed E-state index contributed by atoms with van der Waals surface area (Å²) in [4.78, 5) is 4.17. The van der Waals surface area contributed by atoms with Crippen LogP contribution in [0.15, 0.2) is 41.3 Å². The quantitative estimate of drug-likeness (QED) is 0.792. The summed E-state index contributed by atoms with van der Waals surface area (Å²) in [5.74, 6) is 1.83. The zero-order valence-corrected chi connectivity index (χ0v) is 15.2. The van der Waals surface area contributed by atoms with Crippen LogP contribution < -0.4 is 10.2 Å². The fourth-order valence-electron chi connectivity index (χ4n) is 4.58. The van der Waals surface area contributed by atoms with Gasteiger partial charge in [0.2, 0.25) is 0 Å². The molecule has 2 aromatic carbocycles. The molecule has 0 unspecified atom stereocenters. The Kier molecular flexibility index (Phi) is 3.77. The van der Waals surface area contributed by atoms with Gasteiger partial charge in [0.25, 0.3) is 0 Å². The number of piperidine rings is 1. The normalized spacial score (nSPS) is 25.1. The third kappa shape index (κ3) is 2.29. The molecule has 5 rings (SSSR count). The number of fused-ring (bicyclic) bond motifs is 3. The molecule has 3 aliphatic heterocycles. The Labute approximate surface area is 152 Å². The van der Waals surface area contributed by atoms with Crippen molar-refractivity contribution in [2.45, 2.75) is 29.7 Å². The Morgan fingerprint density at radius 2 is 2.12 bits per heavy atom. The van der Waals surface area contributed by atoms with Gasteiger partial charge in [-0.2, -0.15) is 0 Å². The van der Waals surface area contributed by atoms with E-state index in [1.165, 1.54) is 46.8 Å². The minimum Gasteiger partial charge on any atom is -0.367 e. The van der Waals surface area contributed by atoms with Crippen molar-refractivity contribution in [1.29, 1.82) is 0 Å². The standard InChI is InChI=1S/C20H21ClN2S/c21-17-5-2-1-4-14(17)13-10-15-16-12-22-7-6-18(16)23-8-3-9-24-19(11-13)20(15)23/h1-2,4-5,10-11,16,18,22H,3,6-9,12H2/t16-,18-/m1/s1. The second-order valence-electron chi connectivity index (χ2n) is 6.95. The molecule has 4 heteroatoms. The van der Waals surface area contributed by atoms with Crippen LogP contribution in [0.25, 0.3) is 11.1 Å². The van der Waals surface area contributed by atoms with Gasteiger partial charge in [0.15, 0.2) is 0 Å². The molecule has 2 atom stereocenters. The summed E-state index contributed by atoms with van der Waals surface area (Å²) in [6.45, 7) is 3.45. The van der Waals surface area contributed by atoms with Crippen molar-refractivity contribution in [2.75, 3.05) is 30.3 Å². The fourth-order valence-corrected chi connectivity index (χ4v) is 5.90. The number of halogens is 1. The fraction of sp³-hybridized carbons (Fsp3) is 0.400. The van der Waals surface area contributed by atoms with E-state index in [2.05, 4.69) is 34.5 Å². The lowest BCUT2D eigenvalue weighted by Crippen LogP contribution is -2.44. The first-order valence-electron chi connectivity index (χ1n) is 8.86. The molecule has 0 aromatic heterocycles. The molecule has 1 fully saturated rings. The summed E-state index contributed by atoms with van der Waals surface area (Å²) in [5.41, 5.74) is 5.48. The smallest absolute Gasteiger partial charge is 0.0544 e. The zero-order valence-electron chi connectivity index (χ0n) is 13.6. The molecular formula is C20H21ClN2S. The van der Waals surface area contributed by atoms with Crippen LogP contribution >= 0.6 is 23.4 Å². The van der Waals surface area contributed by atoms with E-state index in [0.29, 0.717) is 12.0 Å². The van der Waals surface area contributed by atoms with Gasteiger partial charge >= 0.3 is 0 Å². The van der Waals surface area contributed by atoms with Gasteiger partial charge in [0, 0.05) is 40.5 Å². The summed E-state index contributed by atoms with van der Waals surface area (Å²) < 4.78 is 0. The molecule has 1 N–H and O–H groups in total. The molecule has 3 heterocycles. The highest BCUT2D eigenvalue weighted by atomic mass is 35.5. The number of anilines is 1. The van der Waals surface area contributed by atoms with Crippen LogP contribution in [0, 0.1) is 0 Å². The van der Waals surface area contributed by atoms with E-state index in [0.717, 1.165) is 23.7 Å². The molecule has 0 amide bonds. The second-order valence-corrected chi connectivity index (χ2v) is 8.50.